The van der Waals surface area contributed by atoms with Crippen LogP contribution in [0.1, 0.15) is 20.3 Å². The van der Waals surface area contributed by atoms with Crippen molar-refractivity contribution in [2.24, 2.45) is 11.7 Å². The highest BCUT2D eigenvalue weighted by Crippen LogP contribution is 2.06. The number of amides is 3. The predicted octanol–water partition coefficient (Wildman–Crippen LogP) is -3.19. The molecule has 0 rings (SSSR count). The Labute approximate surface area is 162 Å². The van der Waals surface area contributed by atoms with Gasteiger partial charge < -0.3 is 37.0 Å². The van der Waals surface area contributed by atoms with Crippen molar-refractivity contribution in [3.63, 3.8) is 0 Å². The molecule has 0 heterocycles. The zero-order valence-electron chi connectivity index (χ0n) is 15.2. The van der Waals surface area contributed by atoms with Crippen LogP contribution in [0.25, 0.3) is 0 Å². The number of hydrogen-bond donors (Lipinski definition) is 8. The maximum Gasteiger partial charge on any atom is 0.328 e. The van der Waals surface area contributed by atoms with Crippen molar-refractivity contribution in [1.82, 2.24) is 16.0 Å². The smallest absolute Gasteiger partial charge is 0.328 e. The molecular formula is C15H28N4O7S. The number of aliphatic hydroxyl groups is 2. The molecule has 0 aromatic rings. The van der Waals surface area contributed by atoms with Crippen LogP contribution in [0.2, 0.25) is 0 Å². The number of rotatable bonds is 12. The normalized spacial score (nSPS) is 15.4. The highest BCUT2D eigenvalue weighted by molar-refractivity contribution is 7.80. The van der Waals surface area contributed by atoms with Crippen LogP contribution >= 0.6 is 12.6 Å². The lowest BCUT2D eigenvalue weighted by molar-refractivity contribution is -0.143. The van der Waals surface area contributed by atoms with E-state index in [1.165, 1.54) is 0 Å². The number of carbonyl (C=O) groups is 4. The van der Waals surface area contributed by atoms with Gasteiger partial charge in [0.1, 0.15) is 24.2 Å². The van der Waals surface area contributed by atoms with Gasteiger partial charge in [-0.2, -0.15) is 12.6 Å². The van der Waals surface area contributed by atoms with E-state index in [0.29, 0.717) is 0 Å². The van der Waals surface area contributed by atoms with Gasteiger partial charge in [-0.3, -0.25) is 14.4 Å². The zero-order chi connectivity index (χ0) is 21.1. The summed E-state index contributed by atoms with van der Waals surface area (Å²) in [6.07, 6.45) is 0.241. The van der Waals surface area contributed by atoms with Gasteiger partial charge in [0.25, 0.3) is 0 Å². The van der Waals surface area contributed by atoms with Crippen LogP contribution in [0, 0.1) is 5.92 Å². The number of carboxylic acid groups (broad SMARTS) is 1. The summed E-state index contributed by atoms with van der Waals surface area (Å²) in [5.74, 6) is -3.82. The molecule has 3 amide bonds. The van der Waals surface area contributed by atoms with Gasteiger partial charge in [0.2, 0.25) is 17.7 Å². The molecule has 4 unspecified atom stereocenters. The van der Waals surface area contributed by atoms with Crippen LogP contribution in [-0.4, -0.2) is 82.1 Å². The molecule has 8 N–H and O–H groups in total. The minimum Gasteiger partial charge on any atom is -0.480 e. The van der Waals surface area contributed by atoms with Crippen molar-refractivity contribution in [3.05, 3.63) is 0 Å². The summed E-state index contributed by atoms with van der Waals surface area (Å²) < 4.78 is 0. The summed E-state index contributed by atoms with van der Waals surface area (Å²) in [6.45, 7) is 2.22. The first-order chi connectivity index (χ1) is 12.6. The quantitative estimate of drug-likeness (QED) is 0.155. The molecule has 0 fully saturated rings. The predicted molar refractivity (Wildman–Crippen MR) is 98.9 cm³/mol. The number of hydrogen-bond acceptors (Lipinski definition) is 8. The first-order valence-corrected chi connectivity index (χ1v) is 8.92. The van der Waals surface area contributed by atoms with Crippen LogP contribution in [0.15, 0.2) is 0 Å². The van der Waals surface area contributed by atoms with E-state index < -0.39 is 61.1 Å². The van der Waals surface area contributed by atoms with E-state index in [4.69, 9.17) is 21.1 Å². The van der Waals surface area contributed by atoms with Gasteiger partial charge in [-0.25, -0.2) is 4.79 Å². The second kappa shape index (κ2) is 12.5. The standard InChI is InChI=1S/C15H28N4O7S/c1-7(2)3-9(17-12(22)8(16)4-20)13(23)19-11(6-27)14(24)18-10(5-21)15(25)26/h7-11,20-21,27H,3-6,16H2,1-2H3,(H,17,22)(H,18,24)(H,19,23)(H,25,26). The van der Waals surface area contributed by atoms with Crippen LogP contribution < -0.4 is 21.7 Å². The van der Waals surface area contributed by atoms with E-state index >= 15 is 0 Å². The van der Waals surface area contributed by atoms with Crippen molar-refractivity contribution in [3.8, 4) is 0 Å². The van der Waals surface area contributed by atoms with Gasteiger partial charge in [-0.15, -0.1) is 0 Å². The van der Waals surface area contributed by atoms with Crippen molar-refractivity contribution >= 4 is 36.3 Å². The number of aliphatic carboxylic acids is 1. The summed E-state index contributed by atoms with van der Waals surface area (Å²) in [5.41, 5.74) is 5.42. The fourth-order valence-corrected chi connectivity index (χ4v) is 2.25. The van der Waals surface area contributed by atoms with E-state index in [-0.39, 0.29) is 18.1 Å². The molecule has 0 bridgehead atoms. The van der Waals surface area contributed by atoms with Crippen molar-refractivity contribution < 1.29 is 34.5 Å². The minimum absolute atomic E-state index is 0.0143. The Morgan fingerprint density at radius 2 is 1.37 bits per heavy atom. The van der Waals surface area contributed by atoms with Crippen LogP contribution in [0.3, 0.4) is 0 Å². The summed E-state index contributed by atoms with van der Waals surface area (Å²) in [5, 5.41) is 33.6. The minimum atomic E-state index is -1.52. The molecule has 4 atom stereocenters. The summed E-state index contributed by atoms with van der Waals surface area (Å²) in [7, 11) is 0. The Morgan fingerprint density at radius 3 is 1.78 bits per heavy atom. The van der Waals surface area contributed by atoms with Crippen LogP contribution in [0.4, 0.5) is 0 Å². The number of thiol groups is 1. The molecule has 0 spiro atoms. The van der Waals surface area contributed by atoms with Gasteiger partial charge >= 0.3 is 5.97 Å². The maximum absolute atomic E-state index is 12.5. The molecule has 156 valence electrons. The van der Waals surface area contributed by atoms with Crippen molar-refractivity contribution in [1.29, 1.82) is 0 Å². The fourth-order valence-electron chi connectivity index (χ4n) is 1.99. The molecule has 12 heteroatoms. The van der Waals surface area contributed by atoms with Gasteiger partial charge in [-0.05, 0) is 12.3 Å². The molecule has 0 radical (unpaired) electrons. The molecule has 0 aliphatic heterocycles. The van der Waals surface area contributed by atoms with Gasteiger partial charge in [0.05, 0.1) is 13.2 Å². The van der Waals surface area contributed by atoms with Gasteiger partial charge in [0.15, 0.2) is 0 Å². The SMILES string of the molecule is CC(C)CC(NC(=O)C(N)CO)C(=O)NC(CS)C(=O)NC(CO)C(=O)O. The van der Waals surface area contributed by atoms with Crippen LogP contribution in [-0.2, 0) is 19.2 Å². The topological polar surface area (TPSA) is 191 Å². The number of nitrogens with two attached hydrogens (primary N) is 1. The van der Waals surface area contributed by atoms with Crippen molar-refractivity contribution in [2.45, 2.75) is 44.4 Å². The summed E-state index contributed by atoms with van der Waals surface area (Å²) in [6, 6.07) is -4.92. The number of carboxylic acids is 1. The van der Waals surface area contributed by atoms with E-state index in [1.54, 1.807) is 0 Å². The molecule has 0 aromatic carbocycles. The van der Waals surface area contributed by atoms with Gasteiger partial charge in [-0.1, -0.05) is 13.8 Å². The van der Waals surface area contributed by atoms with Gasteiger partial charge in [0, 0.05) is 5.75 Å². The number of carbonyl (C=O) groups excluding carboxylic acids is 3. The molecule has 27 heavy (non-hydrogen) atoms. The number of nitrogens with one attached hydrogen (secondary N) is 3. The summed E-state index contributed by atoms with van der Waals surface area (Å²) in [4.78, 5) is 47.3. The second-order valence-corrected chi connectivity index (χ2v) is 6.67. The van der Waals surface area contributed by atoms with Crippen LogP contribution in [0.5, 0.6) is 0 Å². The molecule has 0 aliphatic carbocycles. The lowest BCUT2D eigenvalue weighted by atomic mass is 10.0. The third-order valence-electron chi connectivity index (χ3n) is 3.49. The van der Waals surface area contributed by atoms with E-state index in [2.05, 4.69) is 28.6 Å². The van der Waals surface area contributed by atoms with Crippen molar-refractivity contribution in [2.75, 3.05) is 19.0 Å². The summed E-state index contributed by atoms with van der Waals surface area (Å²) >= 11 is 3.96. The van der Waals surface area contributed by atoms with E-state index in [9.17, 15) is 19.2 Å². The molecule has 0 saturated heterocycles. The Kier molecular flexibility index (Phi) is 11.6. The zero-order valence-corrected chi connectivity index (χ0v) is 16.1. The number of aliphatic hydroxyl groups excluding tert-OH is 2. The molecule has 0 aliphatic rings. The highest BCUT2D eigenvalue weighted by atomic mass is 32.1. The second-order valence-electron chi connectivity index (χ2n) is 6.31. The third kappa shape index (κ3) is 9.04. The average molecular weight is 408 g/mol. The largest absolute Gasteiger partial charge is 0.480 e. The lowest BCUT2D eigenvalue weighted by Gasteiger charge is -2.25. The van der Waals surface area contributed by atoms with E-state index in [0.717, 1.165) is 0 Å². The Balaban J connectivity index is 5.10. The molecule has 0 saturated carbocycles. The fraction of sp³-hybridized carbons (Fsp3) is 0.733. The first-order valence-electron chi connectivity index (χ1n) is 8.29. The molecule has 11 nitrogen and oxygen atoms in total. The monoisotopic (exact) mass is 408 g/mol. The Bertz CT molecular complexity index is 532. The molecule has 0 aromatic heterocycles. The highest BCUT2D eigenvalue weighted by Gasteiger charge is 2.29. The Hall–Kier alpha value is -1.89. The first kappa shape index (κ1) is 25.1. The van der Waals surface area contributed by atoms with E-state index in [1.807, 2.05) is 13.8 Å². The average Bonchev–Trinajstić information content (AvgIpc) is 2.61. The lowest BCUT2D eigenvalue weighted by Crippen LogP contribution is -2.58. The maximum atomic E-state index is 12.5. The molecular weight excluding hydrogens is 380 g/mol. The third-order valence-corrected chi connectivity index (χ3v) is 3.85. The Morgan fingerprint density at radius 1 is 0.889 bits per heavy atom.